The maximum Gasteiger partial charge on any atom is 0.329 e. The molecule has 8 nitrogen and oxygen atoms in total. The van der Waals surface area contributed by atoms with E-state index in [-0.39, 0.29) is 28.9 Å². The topological polar surface area (TPSA) is 93.4 Å². The molecule has 0 spiro atoms. The van der Waals surface area contributed by atoms with Gasteiger partial charge in [0.1, 0.15) is 10.8 Å². The smallest absolute Gasteiger partial charge is 0.329 e. The number of imidazole rings is 1. The third-order valence-electron chi connectivity index (χ3n) is 4.94. The quantitative estimate of drug-likeness (QED) is 0.541. The Balaban J connectivity index is 1.71. The molecular weight excluding hydrogens is 424 g/mol. The van der Waals surface area contributed by atoms with Gasteiger partial charge in [-0.2, -0.15) is 4.31 Å². The van der Waals surface area contributed by atoms with Crippen LogP contribution < -0.4 is 11.0 Å². The Morgan fingerprint density at radius 1 is 1.03 bits per heavy atom. The lowest BCUT2D eigenvalue weighted by atomic mass is 10.3. The van der Waals surface area contributed by atoms with Crippen LogP contribution in [0.4, 0.5) is 0 Å². The molecule has 1 aromatic carbocycles. The fraction of sp³-hybridized carbons (Fsp3) is 0.400. The highest BCUT2D eigenvalue weighted by molar-refractivity contribution is 7.91. The normalized spacial score (nSPS) is 12.0. The number of sulfonamides is 1. The second kappa shape index (κ2) is 9.15. The first-order chi connectivity index (χ1) is 14.3. The third-order valence-corrected chi connectivity index (χ3v) is 8.54. The number of carbonyl (C=O) groups excluding carboxylic acids is 1. The zero-order valence-corrected chi connectivity index (χ0v) is 18.9. The molecule has 1 N–H and O–H groups in total. The molecular formula is C20H26N4O4S2. The number of nitrogens with zero attached hydrogens (tertiary/aromatic N) is 3. The molecule has 2 heterocycles. The molecule has 0 fully saturated rings. The number of nitrogens with one attached hydrogen (secondary N) is 1. The number of carbonyl (C=O) groups is 1. The van der Waals surface area contributed by atoms with Crippen LogP contribution in [0.1, 0.15) is 25.6 Å². The Hall–Kier alpha value is -2.43. The SMILES string of the molecule is CCN(CC)S(=O)(=O)c1ccc(CNC(=O)Cn2c(=O)n(CC)c3ccccc32)s1. The monoisotopic (exact) mass is 450 g/mol. The van der Waals surface area contributed by atoms with Crippen LogP contribution in [0.25, 0.3) is 11.0 Å². The first-order valence-corrected chi connectivity index (χ1v) is 12.1. The fourth-order valence-electron chi connectivity index (χ4n) is 3.40. The number of hydrogen-bond acceptors (Lipinski definition) is 5. The van der Waals surface area contributed by atoms with Crippen molar-refractivity contribution in [1.29, 1.82) is 0 Å². The van der Waals surface area contributed by atoms with Crippen LogP contribution in [-0.4, -0.2) is 40.9 Å². The molecule has 1 amide bonds. The van der Waals surface area contributed by atoms with Gasteiger partial charge in [-0.25, -0.2) is 13.2 Å². The minimum absolute atomic E-state index is 0.0949. The lowest BCUT2D eigenvalue weighted by Gasteiger charge is -2.16. The Morgan fingerprint density at radius 3 is 2.27 bits per heavy atom. The Bertz CT molecular complexity index is 1200. The summed E-state index contributed by atoms with van der Waals surface area (Å²) in [6, 6.07) is 10.6. The van der Waals surface area contributed by atoms with Gasteiger partial charge in [-0.05, 0) is 31.2 Å². The van der Waals surface area contributed by atoms with E-state index in [2.05, 4.69) is 5.32 Å². The molecule has 0 saturated heterocycles. The zero-order chi connectivity index (χ0) is 21.9. The standard InChI is InChI=1S/C20H26N4O4S2/c1-4-22(5-2)30(27,28)19-12-11-15(29-19)13-21-18(25)14-24-17-10-8-7-9-16(17)23(6-3)20(24)26/h7-12H,4-6,13-14H2,1-3H3,(H,21,25). The van der Waals surface area contributed by atoms with Gasteiger partial charge >= 0.3 is 5.69 Å². The number of aromatic nitrogens is 2. The van der Waals surface area contributed by atoms with E-state index in [1.165, 1.54) is 8.87 Å². The van der Waals surface area contributed by atoms with E-state index >= 15 is 0 Å². The Kier molecular flexibility index (Phi) is 6.79. The van der Waals surface area contributed by atoms with E-state index in [9.17, 15) is 18.0 Å². The molecule has 0 atom stereocenters. The summed E-state index contributed by atoms with van der Waals surface area (Å²) < 4.78 is 29.9. The van der Waals surface area contributed by atoms with Gasteiger partial charge < -0.3 is 5.32 Å². The summed E-state index contributed by atoms with van der Waals surface area (Å²) in [4.78, 5) is 25.9. The van der Waals surface area contributed by atoms with Gasteiger partial charge in [0.25, 0.3) is 10.0 Å². The molecule has 3 rings (SSSR count). The lowest BCUT2D eigenvalue weighted by molar-refractivity contribution is -0.121. The zero-order valence-electron chi connectivity index (χ0n) is 17.3. The first kappa shape index (κ1) is 22.3. The van der Waals surface area contributed by atoms with Gasteiger partial charge in [0, 0.05) is 24.5 Å². The van der Waals surface area contributed by atoms with Gasteiger partial charge in [-0.1, -0.05) is 26.0 Å². The second-order valence-corrected chi connectivity index (χ2v) is 10.0. The first-order valence-electron chi connectivity index (χ1n) is 9.87. The molecule has 162 valence electrons. The highest BCUT2D eigenvalue weighted by Crippen LogP contribution is 2.24. The van der Waals surface area contributed by atoms with Crippen LogP contribution in [0.15, 0.2) is 45.4 Å². The number of para-hydroxylation sites is 2. The molecule has 0 bridgehead atoms. The molecule has 0 aliphatic carbocycles. The van der Waals surface area contributed by atoms with Crippen molar-refractivity contribution in [2.75, 3.05) is 13.1 Å². The van der Waals surface area contributed by atoms with Crippen LogP contribution in [-0.2, 0) is 34.5 Å². The molecule has 0 aliphatic heterocycles. The van der Waals surface area contributed by atoms with Crippen molar-refractivity contribution in [3.05, 3.63) is 51.8 Å². The molecule has 30 heavy (non-hydrogen) atoms. The summed E-state index contributed by atoms with van der Waals surface area (Å²) >= 11 is 1.14. The summed E-state index contributed by atoms with van der Waals surface area (Å²) in [6.07, 6.45) is 0. The Labute approximate surface area is 179 Å². The van der Waals surface area contributed by atoms with Crippen molar-refractivity contribution in [2.45, 2.75) is 44.6 Å². The van der Waals surface area contributed by atoms with Crippen LogP contribution in [0.5, 0.6) is 0 Å². The van der Waals surface area contributed by atoms with Crippen molar-refractivity contribution in [3.8, 4) is 0 Å². The maximum absolute atomic E-state index is 12.6. The van der Waals surface area contributed by atoms with Crippen molar-refractivity contribution in [2.24, 2.45) is 0 Å². The summed E-state index contributed by atoms with van der Waals surface area (Å²) in [5, 5.41) is 2.78. The highest BCUT2D eigenvalue weighted by Gasteiger charge is 2.23. The van der Waals surface area contributed by atoms with Crippen LogP contribution >= 0.6 is 11.3 Å². The van der Waals surface area contributed by atoms with Crippen molar-refractivity contribution >= 4 is 38.3 Å². The summed E-state index contributed by atoms with van der Waals surface area (Å²) in [6.45, 7) is 6.93. The number of aryl methyl sites for hydroxylation is 1. The number of thiophene rings is 1. The average molecular weight is 451 g/mol. The van der Waals surface area contributed by atoms with Crippen LogP contribution in [0.2, 0.25) is 0 Å². The van der Waals surface area contributed by atoms with Crippen molar-refractivity contribution < 1.29 is 13.2 Å². The fourth-order valence-corrected chi connectivity index (χ4v) is 6.31. The number of hydrogen-bond donors (Lipinski definition) is 1. The molecule has 3 aromatic rings. The molecule has 2 aromatic heterocycles. The van der Waals surface area contributed by atoms with Gasteiger partial charge in [-0.3, -0.25) is 13.9 Å². The summed E-state index contributed by atoms with van der Waals surface area (Å²) in [5.74, 6) is -0.308. The van der Waals surface area contributed by atoms with E-state index < -0.39 is 10.0 Å². The van der Waals surface area contributed by atoms with E-state index in [0.29, 0.717) is 25.2 Å². The summed E-state index contributed by atoms with van der Waals surface area (Å²) in [5.41, 5.74) is 1.28. The second-order valence-electron chi connectivity index (χ2n) is 6.69. The predicted molar refractivity (Wildman–Crippen MR) is 118 cm³/mol. The number of amides is 1. The molecule has 0 aliphatic rings. The van der Waals surface area contributed by atoms with E-state index in [1.807, 2.05) is 31.2 Å². The Morgan fingerprint density at radius 2 is 1.67 bits per heavy atom. The molecule has 10 heteroatoms. The average Bonchev–Trinajstić information content (AvgIpc) is 3.31. The van der Waals surface area contributed by atoms with Gasteiger partial charge in [-0.15, -0.1) is 11.3 Å². The van der Waals surface area contributed by atoms with Crippen molar-refractivity contribution in [1.82, 2.24) is 18.8 Å². The van der Waals surface area contributed by atoms with E-state index in [4.69, 9.17) is 0 Å². The lowest BCUT2D eigenvalue weighted by Crippen LogP contribution is -2.32. The van der Waals surface area contributed by atoms with Gasteiger partial charge in [0.05, 0.1) is 17.6 Å². The minimum Gasteiger partial charge on any atom is -0.350 e. The molecule has 0 unspecified atom stereocenters. The summed E-state index contributed by atoms with van der Waals surface area (Å²) in [7, 11) is -3.51. The van der Waals surface area contributed by atoms with E-state index in [1.54, 1.807) is 30.5 Å². The molecule has 0 radical (unpaired) electrons. The largest absolute Gasteiger partial charge is 0.350 e. The van der Waals surface area contributed by atoms with Gasteiger partial charge in [0.2, 0.25) is 5.91 Å². The van der Waals surface area contributed by atoms with E-state index in [0.717, 1.165) is 21.7 Å². The number of rotatable bonds is 9. The van der Waals surface area contributed by atoms with Gasteiger partial charge in [0.15, 0.2) is 0 Å². The third kappa shape index (κ3) is 4.21. The maximum atomic E-state index is 12.6. The predicted octanol–water partition coefficient (Wildman–Crippen LogP) is 2.23. The van der Waals surface area contributed by atoms with Crippen molar-refractivity contribution in [3.63, 3.8) is 0 Å². The highest BCUT2D eigenvalue weighted by atomic mass is 32.2. The van der Waals surface area contributed by atoms with Crippen LogP contribution in [0.3, 0.4) is 0 Å². The van der Waals surface area contributed by atoms with Crippen LogP contribution in [0, 0.1) is 0 Å². The number of fused-ring (bicyclic) bond motifs is 1. The minimum atomic E-state index is -3.51. The molecule has 0 saturated carbocycles. The number of benzene rings is 1.